The van der Waals surface area contributed by atoms with Crippen molar-refractivity contribution < 1.29 is 19.1 Å². The molecule has 2 saturated heterocycles. The Kier molecular flexibility index (Phi) is 3.96. The summed E-state index contributed by atoms with van der Waals surface area (Å²) in [5.74, 6) is -0.399. The van der Waals surface area contributed by atoms with E-state index >= 15 is 0 Å². The summed E-state index contributed by atoms with van der Waals surface area (Å²) in [5, 5.41) is 5.92. The van der Waals surface area contributed by atoms with Crippen molar-refractivity contribution in [2.45, 2.75) is 44.6 Å². The highest BCUT2D eigenvalue weighted by atomic mass is 16.7. The van der Waals surface area contributed by atoms with Crippen LogP contribution < -0.4 is 10.6 Å². The highest BCUT2D eigenvalue weighted by Crippen LogP contribution is 2.17. The van der Waals surface area contributed by atoms with Gasteiger partial charge in [-0.2, -0.15) is 0 Å². The molecule has 2 aliphatic heterocycles. The number of carbonyl (C=O) groups excluding carboxylic acids is 2. The third kappa shape index (κ3) is 2.95. The molecule has 6 heteroatoms. The summed E-state index contributed by atoms with van der Waals surface area (Å²) < 4.78 is 10.3. The van der Waals surface area contributed by atoms with E-state index in [0.717, 1.165) is 19.4 Å². The average molecular weight is 242 g/mol. The van der Waals surface area contributed by atoms with Gasteiger partial charge in [-0.25, -0.2) is 0 Å². The fourth-order valence-electron chi connectivity index (χ4n) is 2.16. The zero-order valence-corrected chi connectivity index (χ0v) is 9.90. The summed E-state index contributed by atoms with van der Waals surface area (Å²) in [7, 11) is 0. The molecule has 0 aromatic carbocycles. The molecule has 2 N–H and O–H groups in total. The molecule has 0 radical (unpaired) electrons. The van der Waals surface area contributed by atoms with E-state index in [4.69, 9.17) is 9.47 Å². The van der Waals surface area contributed by atoms with Crippen LogP contribution in [0.3, 0.4) is 0 Å². The van der Waals surface area contributed by atoms with Crippen molar-refractivity contribution in [3.63, 3.8) is 0 Å². The molecule has 0 spiro atoms. The Morgan fingerprint density at radius 2 is 2.47 bits per heavy atom. The minimum absolute atomic E-state index is 0.0736. The second-order valence-corrected chi connectivity index (χ2v) is 4.28. The number of ether oxygens (including phenoxy) is 2. The molecular formula is C11H18N2O4. The number of hydrogen-bond acceptors (Lipinski definition) is 5. The van der Waals surface area contributed by atoms with Crippen LogP contribution in [0.4, 0.5) is 0 Å². The number of esters is 1. The maximum Gasteiger partial charge on any atom is 0.310 e. The van der Waals surface area contributed by atoms with Crippen LogP contribution in [0.2, 0.25) is 0 Å². The Bertz CT molecular complexity index is 302. The normalized spacial score (nSPS) is 32.5. The van der Waals surface area contributed by atoms with E-state index < -0.39 is 6.29 Å². The Hall–Kier alpha value is -1.14. The van der Waals surface area contributed by atoms with Gasteiger partial charge in [0.25, 0.3) is 0 Å². The molecule has 0 aromatic heterocycles. The average Bonchev–Trinajstić information content (AvgIpc) is 2.89. The third-order valence-corrected chi connectivity index (χ3v) is 3.00. The van der Waals surface area contributed by atoms with Crippen molar-refractivity contribution in [3.05, 3.63) is 0 Å². The van der Waals surface area contributed by atoms with Gasteiger partial charge in [0.05, 0.1) is 12.5 Å². The largest absolute Gasteiger partial charge is 0.433 e. The Labute approximate surface area is 100 Å². The van der Waals surface area contributed by atoms with E-state index in [1.807, 2.05) is 6.92 Å². The van der Waals surface area contributed by atoms with Crippen molar-refractivity contribution in [2.24, 2.45) is 0 Å². The predicted molar refractivity (Wildman–Crippen MR) is 59.1 cm³/mol. The highest BCUT2D eigenvalue weighted by Gasteiger charge is 2.37. The van der Waals surface area contributed by atoms with Crippen molar-refractivity contribution in [3.8, 4) is 0 Å². The maximum atomic E-state index is 11.9. The van der Waals surface area contributed by atoms with Crippen molar-refractivity contribution in [2.75, 3.05) is 13.2 Å². The van der Waals surface area contributed by atoms with Crippen LogP contribution in [0.1, 0.15) is 26.2 Å². The Balaban J connectivity index is 1.87. The molecule has 2 rings (SSSR count). The number of rotatable bonds is 4. The van der Waals surface area contributed by atoms with E-state index in [1.165, 1.54) is 0 Å². The van der Waals surface area contributed by atoms with E-state index in [0.29, 0.717) is 6.61 Å². The summed E-state index contributed by atoms with van der Waals surface area (Å²) in [6, 6.07) is -0.509. The van der Waals surface area contributed by atoms with Crippen LogP contribution in [0.5, 0.6) is 0 Å². The quantitative estimate of drug-likeness (QED) is 0.652. The van der Waals surface area contributed by atoms with E-state index in [2.05, 4.69) is 10.6 Å². The minimum atomic E-state index is -0.641. The molecule has 0 saturated carbocycles. The fraction of sp³-hybridized carbons (Fsp3) is 0.818. The van der Waals surface area contributed by atoms with Crippen LogP contribution in [-0.2, 0) is 19.1 Å². The van der Waals surface area contributed by atoms with Crippen LogP contribution >= 0.6 is 0 Å². The van der Waals surface area contributed by atoms with E-state index in [1.54, 1.807) is 0 Å². The van der Waals surface area contributed by atoms with Gasteiger partial charge in [0.1, 0.15) is 6.04 Å². The standard InChI is InChI=1S/C11H18N2O4/c1-2-16-11-8(6-9(14)17-11)13-10(15)7-4-3-5-12-7/h7-8,11-12H,2-6H2,1H3,(H,13,15)/t7-,8-,11+/m0/s1. The molecular weight excluding hydrogens is 224 g/mol. The lowest BCUT2D eigenvalue weighted by Gasteiger charge is -2.20. The molecule has 3 atom stereocenters. The van der Waals surface area contributed by atoms with Gasteiger partial charge >= 0.3 is 5.97 Å². The zero-order valence-electron chi connectivity index (χ0n) is 9.90. The van der Waals surface area contributed by atoms with Gasteiger partial charge in [-0.05, 0) is 26.3 Å². The van der Waals surface area contributed by atoms with Gasteiger partial charge < -0.3 is 20.1 Å². The molecule has 2 heterocycles. The molecule has 17 heavy (non-hydrogen) atoms. The number of cyclic esters (lactones) is 1. The van der Waals surface area contributed by atoms with Crippen LogP contribution in [0.25, 0.3) is 0 Å². The van der Waals surface area contributed by atoms with Gasteiger partial charge in [-0.3, -0.25) is 9.59 Å². The number of amides is 1. The predicted octanol–water partition coefficient (Wildman–Crippen LogP) is -0.467. The fourth-order valence-corrected chi connectivity index (χ4v) is 2.16. The topological polar surface area (TPSA) is 76.7 Å². The van der Waals surface area contributed by atoms with Crippen LogP contribution in [-0.4, -0.2) is 43.4 Å². The van der Waals surface area contributed by atoms with Gasteiger partial charge in [-0.15, -0.1) is 0 Å². The summed E-state index contributed by atoms with van der Waals surface area (Å²) in [5.41, 5.74) is 0. The van der Waals surface area contributed by atoms with Crippen molar-refractivity contribution in [1.29, 1.82) is 0 Å². The summed E-state index contributed by atoms with van der Waals surface area (Å²) >= 11 is 0. The summed E-state index contributed by atoms with van der Waals surface area (Å²) in [6.07, 6.45) is 1.39. The second kappa shape index (κ2) is 5.46. The monoisotopic (exact) mass is 242 g/mol. The first-order valence-corrected chi connectivity index (χ1v) is 6.05. The maximum absolute atomic E-state index is 11.9. The first-order valence-electron chi connectivity index (χ1n) is 6.05. The van der Waals surface area contributed by atoms with Crippen molar-refractivity contribution in [1.82, 2.24) is 10.6 Å². The lowest BCUT2D eigenvalue weighted by atomic mass is 10.2. The molecule has 96 valence electrons. The lowest BCUT2D eigenvalue weighted by Crippen LogP contribution is -2.48. The Morgan fingerprint density at radius 3 is 3.12 bits per heavy atom. The van der Waals surface area contributed by atoms with E-state index in [-0.39, 0.29) is 30.4 Å². The van der Waals surface area contributed by atoms with E-state index in [9.17, 15) is 9.59 Å². The summed E-state index contributed by atoms with van der Waals surface area (Å²) in [4.78, 5) is 23.0. The number of nitrogens with one attached hydrogen (secondary N) is 2. The first-order chi connectivity index (χ1) is 8.20. The SMILES string of the molecule is CCO[C@@H]1OC(=O)C[C@@H]1NC(=O)[C@@H]1CCCN1. The van der Waals surface area contributed by atoms with Gasteiger partial charge in [0, 0.05) is 6.61 Å². The lowest BCUT2D eigenvalue weighted by molar-refractivity contribution is -0.164. The molecule has 1 amide bonds. The molecule has 2 fully saturated rings. The zero-order chi connectivity index (χ0) is 12.3. The molecule has 0 bridgehead atoms. The number of hydrogen-bond donors (Lipinski definition) is 2. The number of carbonyl (C=O) groups is 2. The molecule has 0 aromatic rings. The van der Waals surface area contributed by atoms with Gasteiger partial charge in [0.2, 0.25) is 12.2 Å². The van der Waals surface area contributed by atoms with Crippen molar-refractivity contribution >= 4 is 11.9 Å². The van der Waals surface area contributed by atoms with Crippen LogP contribution in [0.15, 0.2) is 0 Å². The summed E-state index contributed by atoms with van der Waals surface area (Å²) in [6.45, 7) is 3.14. The van der Waals surface area contributed by atoms with Gasteiger partial charge in [0.15, 0.2) is 0 Å². The highest BCUT2D eigenvalue weighted by molar-refractivity contribution is 5.83. The third-order valence-electron chi connectivity index (χ3n) is 3.00. The first kappa shape index (κ1) is 12.3. The second-order valence-electron chi connectivity index (χ2n) is 4.28. The molecule has 0 aliphatic carbocycles. The van der Waals surface area contributed by atoms with Crippen LogP contribution in [0, 0.1) is 0 Å². The van der Waals surface area contributed by atoms with Gasteiger partial charge in [-0.1, -0.05) is 0 Å². The molecule has 6 nitrogen and oxygen atoms in total. The minimum Gasteiger partial charge on any atom is -0.433 e. The molecule has 0 unspecified atom stereocenters. The Morgan fingerprint density at radius 1 is 1.65 bits per heavy atom. The molecule has 2 aliphatic rings. The smallest absolute Gasteiger partial charge is 0.310 e.